The number of hydrogen-bond donors (Lipinski definition) is 2. The molecule has 29 heavy (non-hydrogen) atoms. The molecule has 0 spiro atoms. The Morgan fingerprint density at radius 3 is 2.41 bits per heavy atom. The summed E-state index contributed by atoms with van der Waals surface area (Å²) in [4.78, 5) is 9.11. The molecular weight excluding hydrogens is 503 g/mol. The van der Waals surface area contributed by atoms with Crippen molar-refractivity contribution >= 4 is 41.3 Å². The Bertz CT molecular complexity index is 783. The highest BCUT2D eigenvalue weighted by Gasteiger charge is 2.15. The molecule has 1 aromatic heterocycles. The van der Waals surface area contributed by atoms with Crippen LogP contribution in [0.3, 0.4) is 0 Å². The molecule has 1 aromatic carbocycles. The molecule has 0 aliphatic carbocycles. The van der Waals surface area contributed by atoms with Crippen molar-refractivity contribution in [2.45, 2.75) is 26.7 Å². The van der Waals surface area contributed by atoms with E-state index in [-0.39, 0.29) is 24.0 Å². The summed E-state index contributed by atoms with van der Waals surface area (Å²) in [6, 6.07) is 3.89. The van der Waals surface area contributed by atoms with Gasteiger partial charge in [-0.2, -0.15) is 0 Å². The lowest BCUT2D eigenvalue weighted by Crippen LogP contribution is -2.38. The first-order chi connectivity index (χ1) is 13.6. The van der Waals surface area contributed by atoms with Crippen molar-refractivity contribution in [3.05, 3.63) is 33.8 Å². The zero-order valence-corrected chi connectivity index (χ0v) is 20.9. The van der Waals surface area contributed by atoms with Crippen molar-refractivity contribution < 1.29 is 14.2 Å². The monoisotopic (exact) mass is 534 g/mol. The number of nitrogens with one attached hydrogen (secondary N) is 2. The van der Waals surface area contributed by atoms with Crippen LogP contribution in [0.15, 0.2) is 22.5 Å². The van der Waals surface area contributed by atoms with Crippen molar-refractivity contribution in [1.82, 2.24) is 15.6 Å². The summed E-state index contributed by atoms with van der Waals surface area (Å²) in [6.45, 7) is 6.29. The van der Waals surface area contributed by atoms with Gasteiger partial charge in [-0.15, -0.1) is 35.3 Å². The van der Waals surface area contributed by atoms with E-state index in [2.05, 4.69) is 32.9 Å². The van der Waals surface area contributed by atoms with Gasteiger partial charge in [0.1, 0.15) is 0 Å². The number of guanidine groups is 1. The first-order valence-corrected chi connectivity index (χ1v) is 10.2. The Balaban J connectivity index is 0.00000420. The lowest BCUT2D eigenvalue weighted by Gasteiger charge is -2.16. The van der Waals surface area contributed by atoms with Crippen LogP contribution < -0.4 is 24.8 Å². The number of benzene rings is 1. The molecule has 162 valence electrons. The van der Waals surface area contributed by atoms with Gasteiger partial charge >= 0.3 is 0 Å². The highest BCUT2D eigenvalue weighted by Crippen LogP contribution is 2.39. The molecule has 0 aliphatic heterocycles. The van der Waals surface area contributed by atoms with Crippen LogP contribution in [0.25, 0.3) is 0 Å². The molecule has 0 amide bonds. The minimum absolute atomic E-state index is 0. The Morgan fingerprint density at radius 2 is 1.83 bits per heavy atom. The Morgan fingerprint density at radius 1 is 1.07 bits per heavy atom. The Kier molecular flexibility index (Phi) is 11.7. The summed E-state index contributed by atoms with van der Waals surface area (Å²) in [7, 11) is 4.87. The van der Waals surface area contributed by atoms with Crippen LogP contribution in [-0.2, 0) is 12.8 Å². The summed E-state index contributed by atoms with van der Waals surface area (Å²) >= 11 is 1.67. The van der Waals surface area contributed by atoms with Crippen LogP contribution in [-0.4, -0.2) is 51.9 Å². The molecule has 0 saturated carbocycles. The maximum Gasteiger partial charge on any atom is 0.203 e. The van der Waals surface area contributed by atoms with E-state index in [1.54, 1.807) is 32.7 Å². The normalized spacial score (nSPS) is 10.9. The number of nitrogens with zero attached hydrogens (tertiary/aromatic N) is 2. The lowest BCUT2D eigenvalue weighted by atomic mass is 10.1. The van der Waals surface area contributed by atoms with Crippen molar-refractivity contribution in [2.75, 3.05) is 41.0 Å². The van der Waals surface area contributed by atoms with Crippen LogP contribution in [0.5, 0.6) is 17.2 Å². The molecule has 0 aliphatic rings. The van der Waals surface area contributed by atoms with E-state index < -0.39 is 0 Å². The van der Waals surface area contributed by atoms with E-state index in [9.17, 15) is 0 Å². The Hall–Kier alpha value is -1.75. The van der Waals surface area contributed by atoms with Gasteiger partial charge in [-0.3, -0.25) is 4.99 Å². The highest BCUT2D eigenvalue weighted by atomic mass is 127. The summed E-state index contributed by atoms with van der Waals surface area (Å²) < 4.78 is 16.3. The van der Waals surface area contributed by atoms with Crippen molar-refractivity contribution in [2.24, 2.45) is 4.99 Å². The van der Waals surface area contributed by atoms with Gasteiger partial charge in [0.05, 0.1) is 32.0 Å². The van der Waals surface area contributed by atoms with Crippen LogP contribution in [0.2, 0.25) is 0 Å². The minimum atomic E-state index is 0. The van der Waals surface area contributed by atoms with Gasteiger partial charge in [-0.25, -0.2) is 4.98 Å². The number of aliphatic imine (C=N–C) groups is 1. The fourth-order valence-electron chi connectivity index (χ4n) is 2.82. The molecule has 0 bridgehead atoms. The first-order valence-electron chi connectivity index (χ1n) is 9.33. The third-order valence-electron chi connectivity index (χ3n) is 4.12. The molecule has 0 unspecified atom stereocenters. The minimum Gasteiger partial charge on any atom is -0.493 e. The van der Waals surface area contributed by atoms with Crippen LogP contribution in [0.1, 0.15) is 23.2 Å². The molecular formula is C20H31IN4O3S. The second-order valence-electron chi connectivity index (χ2n) is 6.04. The van der Waals surface area contributed by atoms with E-state index in [0.29, 0.717) is 30.3 Å². The third kappa shape index (κ3) is 7.54. The van der Waals surface area contributed by atoms with E-state index in [4.69, 9.17) is 14.2 Å². The number of ether oxygens (including phenoxy) is 3. The molecule has 0 fully saturated rings. The van der Waals surface area contributed by atoms with Crippen LogP contribution in [0, 0.1) is 6.92 Å². The number of aromatic nitrogens is 1. The average Bonchev–Trinajstić information content (AvgIpc) is 3.12. The maximum absolute atomic E-state index is 5.55. The average molecular weight is 534 g/mol. The van der Waals surface area contributed by atoms with E-state index in [1.165, 1.54) is 0 Å². The predicted octanol–water partition coefficient (Wildman–Crippen LogP) is 3.44. The second kappa shape index (κ2) is 13.5. The van der Waals surface area contributed by atoms with E-state index in [0.717, 1.165) is 41.6 Å². The summed E-state index contributed by atoms with van der Waals surface area (Å²) in [5, 5.41) is 9.83. The molecule has 2 aromatic rings. The number of thiazole rings is 1. The standard InChI is InChI=1S/C20H30N4O3S.HI/c1-6-21-20(23-12-10-16-13-28-14(2)24-16)22-11-9-15-7-8-17(25-3)19(27-5)18(15)26-4;/h7-8,13H,6,9-12H2,1-5H3,(H2,21,22,23);1H. The summed E-state index contributed by atoms with van der Waals surface area (Å²) in [6.07, 6.45) is 1.60. The van der Waals surface area contributed by atoms with Gasteiger partial charge in [0.25, 0.3) is 0 Å². The number of halogens is 1. The summed E-state index contributed by atoms with van der Waals surface area (Å²) in [5.74, 6) is 2.77. The molecule has 2 rings (SSSR count). The molecule has 0 atom stereocenters. The quantitative estimate of drug-likeness (QED) is 0.277. The van der Waals surface area contributed by atoms with E-state index >= 15 is 0 Å². The second-order valence-corrected chi connectivity index (χ2v) is 7.10. The summed E-state index contributed by atoms with van der Waals surface area (Å²) in [5.41, 5.74) is 2.14. The highest BCUT2D eigenvalue weighted by molar-refractivity contribution is 14.0. The molecule has 7 nitrogen and oxygen atoms in total. The van der Waals surface area contributed by atoms with Gasteiger partial charge in [-0.05, 0) is 26.3 Å². The van der Waals surface area contributed by atoms with Crippen molar-refractivity contribution in [3.63, 3.8) is 0 Å². The van der Waals surface area contributed by atoms with Gasteiger partial charge < -0.3 is 24.8 Å². The predicted molar refractivity (Wildman–Crippen MR) is 130 cm³/mol. The van der Waals surface area contributed by atoms with Gasteiger partial charge in [0.15, 0.2) is 17.5 Å². The van der Waals surface area contributed by atoms with Gasteiger partial charge in [0.2, 0.25) is 5.75 Å². The molecule has 0 radical (unpaired) electrons. The molecule has 2 N–H and O–H groups in total. The topological polar surface area (TPSA) is 77.0 Å². The molecule has 1 heterocycles. The fourth-order valence-corrected chi connectivity index (χ4v) is 3.47. The van der Waals surface area contributed by atoms with Crippen molar-refractivity contribution in [1.29, 1.82) is 0 Å². The SMILES string of the molecule is CCNC(=NCCc1csc(C)n1)NCCc1ccc(OC)c(OC)c1OC.I. The Labute approximate surface area is 194 Å². The molecule has 9 heteroatoms. The molecule has 0 saturated heterocycles. The van der Waals surface area contributed by atoms with Crippen molar-refractivity contribution in [3.8, 4) is 17.2 Å². The zero-order valence-electron chi connectivity index (χ0n) is 17.7. The smallest absolute Gasteiger partial charge is 0.203 e. The van der Waals surface area contributed by atoms with Gasteiger partial charge in [-0.1, -0.05) is 6.07 Å². The van der Waals surface area contributed by atoms with Crippen LogP contribution in [0.4, 0.5) is 0 Å². The first kappa shape index (κ1) is 25.3. The lowest BCUT2D eigenvalue weighted by molar-refractivity contribution is 0.322. The van der Waals surface area contributed by atoms with Crippen LogP contribution >= 0.6 is 35.3 Å². The third-order valence-corrected chi connectivity index (χ3v) is 4.94. The number of methoxy groups -OCH3 is 3. The maximum atomic E-state index is 5.55. The van der Waals surface area contributed by atoms with Gasteiger partial charge in [0, 0.05) is 37.0 Å². The number of hydrogen-bond acceptors (Lipinski definition) is 6. The largest absolute Gasteiger partial charge is 0.493 e. The zero-order chi connectivity index (χ0) is 20.4. The number of rotatable bonds is 10. The fraction of sp³-hybridized carbons (Fsp3) is 0.500. The van der Waals surface area contributed by atoms with E-state index in [1.807, 2.05) is 19.1 Å². The number of aryl methyl sites for hydroxylation is 1.